The number of carbonyl (C=O) groups is 1. The van der Waals surface area contributed by atoms with Gasteiger partial charge in [0.05, 0.1) is 21.3 Å². The topological polar surface area (TPSA) is 60.0 Å². The second-order valence-corrected chi connectivity index (χ2v) is 9.85. The van der Waals surface area contributed by atoms with Crippen molar-refractivity contribution in [3.05, 3.63) is 17.7 Å². The zero-order valence-corrected chi connectivity index (χ0v) is 22.8. The van der Waals surface area contributed by atoms with Crippen LogP contribution in [0.4, 0.5) is 0 Å². The molecule has 1 aliphatic heterocycles. The quantitative estimate of drug-likeness (QED) is 0.235. The van der Waals surface area contributed by atoms with Gasteiger partial charge in [0.15, 0.2) is 11.5 Å². The van der Waals surface area contributed by atoms with Gasteiger partial charge in [-0.05, 0) is 18.6 Å². The Morgan fingerprint density at radius 2 is 1.34 bits per heavy atom. The van der Waals surface area contributed by atoms with Gasteiger partial charge in [0.2, 0.25) is 5.75 Å². The minimum atomic E-state index is 0.0149. The van der Waals surface area contributed by atoms with E-state index in [2.05, 4.69) is 12.2 Å². The second kappa shape index (κ2) is 17.5. The fourth-order valence-electron chi connectivity index (χ4n) is 5.00. The number of methoxy groups -OCH3 is 3. The van der Waals surface area contributed by atoms with Crippen LogP contribution in [0.15, 0.2) is 12.1 Å². The Hall–Kier alpha value is -1.95. The predicted octanol–water partition coefficient (Wildman–Crippen LogP) is 6.61. The van der Waals surface area contributed by atoms with Gasteiger partial charge in [0.1, 0.15) is 0 Å². The summed E-state index contributed by atoms with van der Waals surface area (Å²) in [6, 6.07) is 3.85. The van der Waals surface area contributed by atoms with Crippen molar-refractivity contribution in [3.63, 3.8) is 0 Å². The van der Waals surface area contributed by atoms with Crippen molar-refractivity contribution in [2.45, 2.75) is 103 Å². The van der Waals surface area contributed by atoms with E-state index in [0.29, 0.717) is 35.4 Å². The van der Waals surface area contributed by atoms with Gasteiger partial charge in [-0.2, -0.15) is 0 Å². The Balaban J connectivity index is 1.64. The average Bonchev–Trinajstić information content (AvgIpc) is 2.90. The number of hydrogen-bond acceptors (Lipinski definition) is 5. The molecule has 200 valence electrons. The number of benzene rings is 1. The molecule has 1 aromatic carbocycles. The van der Waals surface area contributed by atoms with Crippen LogP contribution in [0.3, 0.4) is 0 Å². The van der Waals surface area contributed by atoms with Crippen LogP contribution in [0.2, 0.25) is 0 Å². The predicted molar refractivity (Wildman–Crippen MR) is 144 cm³/mol. The zero-order valence-electron chi connectivity index (χ0n) is 22.8. The van der Waals surface area contributed by atoms with E-state index in [4.69, 9.17) is 14.2 Å². The smallest absolute Gasteiger partial charge is 0.254 e. The van der Waals surface area contributed by atoms with Crippen molar-refractivity contribution in [1.29, 1.82) is 0 Å². The summed E-state index contributed by atoms with van der Waals surface area (Å²) in [4.78, 5) is 15.2. The van der Waals surface area contributed by atoms with Crippen LogP contribution >= 0.6 is 0 Å². The highest BCUT2D eigenvalue weighted by molar-refractivity contribution is 5.95. The number of ether oxygens (including phenoxy) is 3. The summed E-state index contributed by atoms with van der Waals surface area (Å²) in [7, 11) is 4.71. The molecule has 1 heterocycles. The maximum Gasteiger partial charge on any atom is 0.254 e. The van der Waals surface area contributed by atoms with Gasteiger partial charge in [-0.25, -0.2) is 0 Å². The molecule has 0 spiro atoms. The van der Waals surface area contributed by atoms with Crippen molar-refractivity contribution < 1.29 is 19.0 Å². The van der Waals surface area contributed by atoms with Gasteiger partial charge in [0.25, 0.3) is 5.91 Å². The van der Waals surface area contributed by atoms with E-state index < -0.39 is 0 Å². The molecule has 1 aliphatic rings. The summed E-state index contributed by atoms with van der Waals surface area (Å²) in [5, 5.41) is 3.60. The molecule has 0 aliphatic carbocycles. The van der Waals surface area contributed by atoms with E-state index >= 15 is 0 Å². The van der Waals surface area contributed by atoms with Gasteiger partial charge in [-0.1, -0.05) is 90.4 Å². The highest BCUT2D eigenvalue weighted by Gasteiger charge is 2.26. The summed E-state index contributed by atoms with van der Waals surface area (Å²) < 4.78 is 16.2. The third kappa shape index (κ3) is 10.3. The van der Waals surface area contributed by atoms with Crippen LogP contribution in [-0.4, -0.2) is 57.8 Å². The Kier molecular flexibility index (Phi) is 14.6. The highest BCUT2D eigenvalue weighted by atomic mass is 16.5. The summed E-state index contributed by atoms with van der Waals surface area (Å²) in [5.41, 5.74) is 0.570. The molecule has 1 aromatic rings. The Bertz CT molecular complexity index is 700. The monoisotopic (exact) mass is 490 g/mol. The molecule has 6 nitrogen and oxygen atoms in total. The molecule has 1 unspecified atom stereocenters. The first-order valence-electron chi connectivity index (χ1n) is 14.0. The molecule has 0 radical (unpaired) electrons. The molecule has 1 amide bonds. The number of piperazine rings is 1. The lowest BCUT2D eigenvalue weighted by molar-refractivity contribution is 0.0697. The number of amides is 1. The summed E-state index contributed by atoms with van der Waals surface area (Å²) in [5.74, 6) is 1.54. The number of nitrogens with zero attached hydrogens (tertiary/aromatic N) is 1. The molecular formula is C29H50N2O4. The molecule has 1 atom stereocenters. The van der Waals surface area contributed by atoms with Crippen molar-refractivity contribution in [2.75, 3.05) is 41.0 Å². The molecule has 0 bridgehead atoms. The normalized spacial score (nSPS) is 15.8. The minimum Gasteiger partial charge on any atom is -0.493 e. The molecule has 1 saturated heterocycles. The second-order valence-electron chi connectivity index (χ2n) is 9.85. The molecule has 2 rings (SSSR count). The van der Waals surface area contributed by atoms with Gasteiger partial charge >= 0.3 is 0 Å². The van der Waals surface area contributed by atoms with Crippen LogP contribution in [0, 0.1) is 0 Å². The lowest BCUT2D eigenvalue weighted by Gasteiger charge is -2.34. The van der Waals surface area contributed by atoms with Crippen molar-refractivity contribution >= 4 is 5.91 Å². The lowest BCUT2D eigenvalue weighted by Crippen LogP contribution is -2.52. The van der Waals surface area contributed by atoms with E-state index in [1.54, 1.807) is 33.5 Å². The van der Waals surface area contributed by atoms with Gasteiger partial charge in [0, 0.05) is 31.2 Å². The molecule has 1 N–H and O–H groups in total. The first-order valence-corrected chi connectivity index (χ1v) is 14.0. The molecule has 0 saturated carbocycles. The maximum absolute atomic E-state index is 13.2. The van der Waals surface area contributed by atoms with E-state index in [-0.39, 0.29) is 5.91 Å². The average molecular weight is 491 g/mol. The Morgan fingerprint density at radius 1 is 0.829 bits per heavy atom. The van der Waals surface area contributed by atoms with E-state index in [0.717, 1.165) is 19.5 Å². The zero-order chi connectivity index (χ0) is 25.3. The summed E-state index contributed by atoms with van der Waals surface area (Å²) in [6.07, 6.45) is 18.9. The third-order valence-corrected chi connectivity index (χ3v) is 7.11. The molecule has 35 heavy (non-hydrogen) atoms. The highest BCUT2D eigenvalue weighted by Crippen LogP contribution is 2.38. The first kappa shape index (κ1) is 29.3. The summed E-state index contributed by atoms with van der Waals surface area (Å²) in [6.45, 7) is 4.57. The number of hydrogen-bond donors (Lipinski definition) is 1. The SMILES string of the molecule is CCCCCCCCCCCCCCCC1CN(C(=O)c2cc(OC)c(OC)c(OC)c2)CCN1. The van der Waals surface area contributed by atoms with Crippen molar-refractivity contribution in [2.24, 2.45) is 0 Å². The van der Waals surface area contributed by atoms with Gasteiger partial charge in [-0.3, -0.25) is 4.79 Å². The van der Waals surface area contributed by atoms with Crippen LogP contribution in [-0.2, 0) is 0 Å². The fraction of sp³-hybridized carbons (Fsp3) is 0.759. The lowest BCUT2D eigenvalue weighted by atomic mass is 10.0. The van der Waals surface area contributed by atoms with Crippen molar-refractivity contribution in [3.8, 4) is 17.2 Å². The number of unbranched alkanes of at least 4 members (excludes halogenated alkanes) is 12. The fourth-order valence-corrected chi connectivity index (χ4v) is 5.00. The van der Waals surface area contributed by atoms with Crippen LogP contribution in [0.1, 0.15) is 107 Å². The van der Waals surface area contributed by atoms with Crippen LogP contribution < -0.4 is 19.5 Å². The van der Waals surface area contributed by atoms with Crippen molar-refractivity contribution in [1.82, 2.24) is 10.2 Å². The molecule has 6 heteroatoms. The summed E-state index contributed by atoms with van der Waals surface area (Å²) >= 11 is 0. The van der Waals surface area contributed by atoms with Gasteiger partial charge < -0.3 is 24.4 Å². The standard InChI is InChI=1S/C29H50N2O4/c1-5-6-7-8-9-10-11-12-13-14-15-16-17-18-25-23-31(20-19-30-25)29(32)24-21-26(33-2)28(35-4)27(22-24)34-3/h21-22,25,30H,5-20,23H2,1-4H3. The Morgan fingerprint density at radius 3 is 1.83 bits per heavy atom. The largest absolute Gasteiger partial charge is 0.493 e. The van der Waals surface area contributed by atoms with E-state index in [1.807, 2.05) is 4.90 Å². The Labute approximate surface area is 214 Å². The number of nitrogens with one attached hydrogen (secondary N) is 1. The minimum absolute atomic E-state index is 0.0149. The third-order valence-electron chi connectivity index (χ3n) is 7.11. The maximum atomic E-state index is 13.2. The number of rotatable bonds is 18. The molecule has 1 fully saturated rings. The van der Waals surface area contributed by atoms with E-state index in [9.17, 15) is 4.79 Å². The number of carbonyl (C=O) groups excluding carboxylic acids is 1. The van der Waals surface area contributed by atoms with Crippen LogP contribution in [0.5, 0.6) is 17.2 Å². The van der Waals surface area contributed by atoms with E-state index in [1.165, 1.54) is 83.5 Å². The molecular weight excluding hydrogens is 440 g/mol. The van der Waals surface area contributed by atoms with Crippen LogP contribution in [0.25, 0.3) is 0 Å². The first-order chi connectivity index (χ1) is 17.1. The molecule has 0 aromatic heterocycles. The van der Waals surface area contributed by atoms with Gasteiger partial charge in [-0.15, -0.1) is 0 Å².